The molecule has 150 valence electrons. The van der Waals surface area contributed by atoms with Gasteiger partial charge in [0.05, 0.1) is 23.0 Å². The van der Waals surface area contributed by atoms with Crippen molar-refractivity contribution in [3.8, 4) is 0 Å². The summed E-state index contributed by atoms with van der Waals surface area (Å²) in [5.74, 6) is -0.876. The van der Waals surface area contributed by atoms with Crippen LogP contribution in [0.25, 0.3) is 0 Å². The molecule has 1 heterocycles. The number of hydrogen-bond acceptors (Lipinski definition) is 4. The lowest BCUT2D eigenvalue weighted by atomic mass is 9.79. The number of ether oxygens (including phenoxy) is 1. The summed E-state index contributed by atoms with van der Waals surface area (Å²) in [7, 11) is -3.85. The zero-order valence-electron chi connectivity index (χ0n) is 16.2. The Morgan fingerprint density at radius 1 is 1.18 bits per heavy atom. The van der Waals surface area contributed by atoms with Crippen LogP contribution in [0.15, 0.2) is 53.4 Å². The standard InChI is InChI=1S/C21H24FNO4S/c1-4-27-20(24)21(3)13-14-23(19(21)16-7-9-17(22)10-8-16)28(25,26)18-11-5-15(2)6-12-18/h5-12,19H,4,13-14H2,1-3H3. The van der Waals surface area contributed by atoms with Crippen molar-refractivity contribution >= 4 is 16.0 Å². The summed E-state index contributed by atoms with van der Waals surface area (Å²) in [5.41, 5.74) is 0.447. The van der Waals surface area contributed by atoms with Gasteiger partial charge in [-0.15, -0.1) is 0 Å². The van der Waals surface area contributed by atoms with Crippen LogP contribution in [0.4, 0.5) is 4.39 Å². The summed E-state index contributed by atoms with van der Waals surface area (Å²) < 4.78 is 46.8. The summed E-state index contributed by atoms with van der Waals surface area (Å²) in [6, 6.07) is 11.4. The van der Waals surface area contributed by atoms with Gasteiger partial charge in [0.2, 0.25) is 10.0 Å². The number of sulfonamides is 1. The van der Waals surface area contributed by atoms with Gasteiger partial charge >= 0.3 is 5.97 Å². The lowest BCUT2D eigenvalue weighted by Crippen LogP contribution is -2.39. The number of nitrogens with zero attached hydrogens (tertiary/aromatic N) is 1. The number of esters is 1. The van der Waals surface area contributed by atoms with Crippen LogP contribution in [0.2, 0.25) is 0 Å². The fourth-order valence-electron chi connectivity index (χ4n) is 3.72. The first kappa shape index (κ1) is 20.5. The maximum atomic E-state index is 13.5. The van der Waals surface area contributed by atoms with Crippen LogP contribution in [0.5, 0.6) is 0 Å². The number of halogens is 1. The van der Waals surface area contributed by atoms with Crippen LogP contribution in [-0.2, 0) is 19.6 Å². The molecule has 0 spiro atoms. The summed E-state index contributed by atoms with van der Waals surface area (Å²) >= 11 is 0. The lowest BCUT2D eigenvalue weighted by Gasteiger charge is -2.33. The Kier molecular flexibility index (Phi) is 5.59. The highest BCUT2D eigenvalue weighted by atomic mass is 32.2. The Balaban J connectivity index is 2.10. The fraction of sp³-hybridized carbons (Fsp3) is 0.381. The largest absolute Gasteiger partial charge is 0.466 e. The van der Waals surface area contributed by atoms with Gasteiger partial charge in [0.15, 0.2) is 0 Å². The molecular formula is C21H24FNO4S. The van der Waals surface area contributed by atoms with Gasteiger partial charge in [0.25, 0.3) is 0 Å². The molecule has 0 aromatic heterocycles. The number of carbonyl (C=O) groups is 1. The second-order valence-corrected chi connectivity index (χ2v) is 9.16. The van der Waals surface area contributed by atoms with Crippen LogP contribution >= 0.6 is 0 Å². The molecule has 2 aromatic rings. The number of benzene rings is 2. The summed E-state index contributed by atoms with van der Waals surface area (Å²) in [5, 5.41) is 0. The van der Waals surface area contributed by atoms with Crippen molar-refractivity contribution in [1.82, 2.24) is 4.31 Å². The SMILES string of the molecule is CCOC(=O)C1(C)CCN(S(=O)(=O)c2ccc(C)cc2)C1c1ccc(F)cc1. The van der Waals surface area contributed by atoms with E-state index in [-0.39, 0.29) is 18.0 Å². The topological polar surface area (TPSA) is 63.7 Å². The van der Waals surface area contributed by atoms with Crippen molar-refractivity contribution in [3.05, 3.63) is 65.5 Å². The lowest BCUT2D eigenvalue weighted by molar-refractivity contribution is -0.155. The van der Waals surface area contributed by atoms with E-state index in [1.807, 2.05) is 6.92 Å². The third kappa shape index (κ3) is 3.56. The first-order valence-corrected chi connectivity index (χ1v) is 10.7. The Labute approximate surface area is 165 Å². The van der Waals surface area contributed by atoms with Gasteiger partial charge in [-0.3, -0.25) is 4.79 Å². The minimum atomic E-state index is -3.85. The zero-order chi connectivity index (χ0) is 20.5. The van der Waals surface area contributed by atoms with Crippen molar-refractivity contribution in [2.75, 3.05) is 13.2 Å². The zero-order valence-corrected chi connectivity index (χ0v) is 17.0. The Bertz CT molecular complexity index is 957. The first-order valence-electron chi connectivity index (χ1n) is 9.21. The maximum absolute atomic E-state index is 13.5. The molecule has 2 unspecified atom stereocenters. The van der Waals surface area contributed by atoms with Crippen LogP contribution in [0.1, 0.15) is 37.4 Å². The molecule has 7 heteroatoms. The average Bonchev–Trinajstić information content (AvgIpc) is 3.02. The van der Waals surface area contributed by atoms with Gasteiger partial charge in [-0.05, 0) is 57.0 Å². The van der Waals surface area contributed by atoms with Crippen LogP contribution in [0, 0.1) is 18.2 Å². The molecule has 0 aliphatic carbocycles. The molecule has 28 heavy (non-hydrogen) atoms. The van der Waals surface area contributed by atoms with Crippen LogP contribution < -0.4 is 0 Å². The van der Waals surface area contributed by atoms with Gasteiger partial charge in [0, 0.05) is 6.54 Å². The highest BCUT2D eigenvalue weighted by molar-refractivity contribution is 7.89. The van der Waals surface area contributed by atoms with Crippen molar-refractivity contribution in [1.29, 1.82) is 0 Å². The number of carbonyl (C=O) groups excluding carboxylic acids is 1. The smallest absolute Gasteiger partial charge is 0.313 e. The van der Waals surface area contributed by atoms with Gasteiger partial charge in [-0.1, -0.05) is 29.8 Å². The summed E-state index contributed by atoms with van der Waals surface area (Å²) in [4.78, 5) is 12.9. The van der Waals surface area contributed by atoms with E-state index < -0.39 is 33.3 Å². The minimum absolute atomic E-state index is 0.165. The van der Waals surface area contributed by atoms with E-state index >= 15 is 0 Å². The molecule has 3 rings (SSSR count). The summed E-state index contributed by atoms with van der Waals surface area (Å²) in [6.07, 6.45) is 0.318. The molecule has 0 bridgehead atoms. The number of aryl methyl sites for hydroxylation is 1. The molecule has 0 N–H and O–H groups in total. The third-order valence-corrected chi connectivity index (χ3v) is 7.18. The molecule has 0 radical (unpaired) electrons. The normalized spacial score (nSPS) is 22.9. The van der Waals surface area contributed by atoms with E-state index in [2.05, 4.69) is 0 Å². The fourth-order valence-corrected chi connectivity index (χ4v) is 5.43. The molecule has 1 fully saturated rings. The quantitative estimate of drug-likeness (QED) is 0.709. The highest BCUT2D eigenvalue weighted by Gasteiger charge is 2.54. The number of rotatable bonds is 5. The molecule has 5 nitrogen and oxygen atoms in total. The monoisotopic (exact) mass is 405 g/mol. The molecule has 1 aliphatic heterocycles. The second kappa shape index (κ2) is 7.64. The molecule has 2 atom stereocenters. The molecule has 1 saturated heterocycles. The van der Waals surface area contributed by atoms with E-state index in [1.165, 1.54) is 28.6 Å². The van der Waals surface area contributed by atoms with Crippen molar-refractivity contribution in [3.63, 3.8) is 0 Å². The average molecular weight is 405 g/mol. The molecule has 1 aliphatic rings. The molecule has 0 saturated carbocycles. The van der Waals surface area contributed by atoms with Gasteiger partial charge in [-0.25, -0.2) is 12.8 Å². The Hall–Kier alpha value is -2.25. The van der Waals surface area contributed by atoms with Gasteiger partial charge in [0.1, 0.15) is 5.82 Å². The van der Waals surface area contributed by atoms with Crippen LogP contribution in [-0.4, -0.2) is 31.8 Å². The minimum Gasteiger partial charge on any atom is -0.466 e. The third-order valence-electron chi connectivity index (χ3n) is 5.30. The van der Waals surface area contributed by atoms with Crippen molar-refractivity contribution < 1.29 is 22.3 Å². The molecule has 0 amide bonds. The maximum Gasteiger partial charge on any atom is 0.313 e. The predicted octanol–water partition coefficient (Wildman–Crippen LogP) is 3.84. The van der Waals surface area contributed by atoms with E-state index in [1.54, 1.807) is 38.1 Å². The van der Waals surface area contributed by atoms with E-state index in [4.69, 9.17) is 4.74 Å². The highest BCUT2D eigenvalue weighted by Crippen LogP contribution is 2.50. The van der Waals surface area contributed by atoms with Gasteiger partial charge in [-0.2, -0.15) is 4.31 Å². The van der Waals surface area contributed by atoms with E-state index in [0.717, 1.165) is 5.56 Å². The van der Waals surface area contributed by atoms with Crippen molar-refractivity contribution in [2.45, 2.75) is 38.1 Å². The predicted molar refractivity (Wildman–Crippen MR) is 104 cm³/mol. The second-order valence-electron chi connectivity index (χ2n) is 7.27. The van der Waals surface area contributed by atoms with Crippen LogP contribution in [0.3, 0.4) is 0 Å². The number of hydrogen-bond donors (Lipinski definition) is 0. The van der Waals surface area contributed by atoms with Gasteiger partial charge < -0.3 is 4.74 Å². The van der Waals surface area contributed by atoms with Crippen molar-refractivity contribution in [2.24, 2.45) is 5.41 Å². The van der Waals surface area contributed by atoms with E-state index in [0.29, 0.717) is 12.0 Å². The van der Waals surface area contributed by atoms with E-state index in [9.17, 15) is 17.6 Å². The molecular weight excluding hydrogens is 381 g/mol. The molecule has 2 aromatic carbocycles. The Morgan fingerprint density at radius 2 is 1.79 bits per heavy atom. The Morgan fingerprint density at radius 3 is 2.36 bits per heavy atom. The first-order chi connectivity index (χ1) is 13.2. The summed E-state index contributed by atoms with van der Waals surface area (Å²) in [6.45, 7) is 5.68.